The lowest BCUT2D eigenvalue weighted by molar-refractivity contribution is -0.0698. The minimum absolute atomic E-state index is 0.334. The van der Waals surface area contributed by atoms with Gasteiger partial charge in [0.05, 0.1) is 13.2 Å². The Balaban J connectivity index is 2.08. The third kappa shape index (κ3) is 9.67. The number of hydrogen-bond donors (Lipinski definition) is 0. The summed E-state index contributed by atoms with van der Waals surface area (Å²) in [6.45, 7) is 5.79. The van der Waals surface area contributed by atoms with Crippen LogP contribution in [0.3, 0.4) is 0 Å². The highest BCUT2D eigenvalue weighted by Crippen LogP contribution is 2.04. The van der Waals surface area contributed by atoms with Crippen LogP contribution in [-0.4, -0.2) is 17.8 Å². The van der Waals surface area contributed by atoms with Gasteiger partial charge in [0.1, 0.15) is 6.79 Å². The van der Waals surface area contributed by atoms with E-state index in [0.717, 1.165) is 22.0 Å². The van der Waals surface area contributed by atoms with E-state index in [-0.39, 0.29) is 0 Å². The summed E-state index contributed by atoms with van der Waals surface area (Å²) in [5.41, 5.74) is 2.31. The zero-order valence-corrected chi connectivity index (χ0v) is 14.9. The molecule has 2 nitrogen and oxygen atoms in total. The smallest absolute Gasteiger partial charge is 0.147 e. The van der Waals surface area contributed by atoms with Gasteiger partial charge in [-0.15, -0.1) is 0 Å². The first-order valence-electron chi connectivity index (χ1n) is 7.13. The van der Waals surface area contributed by atoms with Crippen LogP contribution in [0.1, 0.15) is 25.8 Å². The minimum atomic E-state index is 0.334. The van der Waals surface area contributed by atoms with E-state index >= 15 is 0 Å². The maximum absolute atomic E-state index is 5.52. The summed E-state index contributed by atoms with van der Waals surface area (Å²) in [6, 6.07) is 10.1. The molecule has 0 aliphatic carbocycles. The molecule has 1 atom stereocenters. The Labute approximate surface area is 142 Å². The second-order valence-corrected chi connectivity index (χ2v) is 5.86. The second-order valence-electron chi connectivity index (χ2n) is 4.98. The molecule has 1 aromatic carbocycles. The first-order valence-corrected chi connectivity index (χ1v) is 8.66. The van der Waals surface area contributed by atoms with E-state index in [1.165, 1.54) is 0 Å². The molecule has 0 fully saturated rings. The van der Waals surface area contributed by atoms with Crippen LogP contribution >= 0.6 is 22.6 Å². The van der Waals surface area contributed by atoms with Crippen LogP contribution in [0, 0.1) is 17.8 Å². The van der Waals surface area contributed by atoms with Crippen molar-refractivity contribution in [1.82, 2.24) is 0 Å². The zero-order chi connectivity index (χ0) is 15.3. The number of alkyl halides is 1. The van der Waals surface area contributed by atoms with Crippen molar-refractivity contribution in [3.63, 3.8) is 0 Å². The SMILES string of the molecule is C/C(C#CC[C@H](C)COCOCc1ccccc1)=C/CI. The van der Waals surface area contributed by atoms with Crippen molar-refractivity contribution < 1.29 is 9.47 Å². The Morgan fingerprint density at radius 3 is 2.76 bits per heavy atom. The van der Waals surface area contributed by atoms with Crippen LogP contribution in [0.25, 0.3) is 0 Å². The highest BCUT2D eigenvalue weighted by molar-refractivity contribution is 14.1. The standard InChI is InChI=1S/C18H23IO2/c1-16(11-12-19)7-6-8-17(2)13-20-15-21-14-18-9-4-3-5-10-18/h3-5,9-11,17H,8,12-15H2,1-2H3/b16-11-/t17-/m0/s1. The molecule has 0 spiro atoms. The van der Waals surface area contributed by atoms with Gasteiger partial charge < -0.3 is 9.47 Å². The second kappa shape index (κ2) is 11.8. The molecule has 0 aliphatic rings. The van der Waals surface area contributed by atoms with Gasteiger partial charge in [0.15, 0.2) is 0 Å². The van der Waals surface area contributed by atoms with Gasteiger partial charge in [-0.25, -0.2) is 0 Å². The van der Waals surface area contributed by atoms with Gasteiger partial charge in [-0.1, -0.05) is 77.8 Å². The van der Waals surface area contributed by atoms with Gasteiger partial charge in [-0.3, -0.25) is 0 Å². The minimum Gasteiger partial charge on any atom is -0.355 e. The molecule has 0 bridgehead atoms. The molecule has 0 unspecified atom stereocenters. The first kappa shape index (κ1) is 18.2. The van der Waals surface area contributed by atoms with E-state index in [1.54, 1.807) is 0 Å². The maximum Gasteiger partial charge on any atom is 0.147 e. The molecule has 0 saturated heterocycles. The van der Waals surface area contributed by atoms with E-state index in [0.29, 0.717) is 25.9 Å². The number of halogens is 1. The molecule has 3 heteroatoms. The van der Waals surface area contributed by atoms with Crippen LogP contribution in [0.15, 0.2) is 42.0 Å². The van der Waals surface area contributed by atoms with Gasteiger partial charge in [0.25, 0.3) is 0 Å². The molecule has 0 aromatic heterocycles. The Bertz CT molecular complexity index is 471. The van der Waals surface area contributed by atoms with Crippen molar-refractivity contribution in [3.05, 3.63) is 47.5 Å². The molecule has 0 saturated carbocycles. The summed E-state index contributed by atoms with van der Waals surface area (Å²) in [5, 5.41) is 0. The zero-order valence-electron chi connectivity index (χ0n) is 12.8. The highest BCUT2D eigenvalue weighted by Gasteiger charge is 2.00. The molecular formula is C18H23IO2. The summed E-state index contributed by atoms with van der Waals surface area (Å²) in [5.74, 6) is 6.77. The third-order valence-electron chi connectivity index (χ3n) is 2.80. The van der Waals surface area contributed by atoms with Crippen molar-refractivity contribution in [2.45, 2.75) is 26.9 Å². The van der Waals surface area contributed by atoms with Gasteiger partial charge >= 0.3 is 0 Å². The molecular weight excluding hydrogens is 375 g/mol. The van der Waals surface area contributed by atoms with Crippen LogP contribution in [0.4, 0.5) is 0 Å². The van der Waals surface area contributed by atoms with E-state index in [2.05, 4.69) is 47.4 Å². The van der Waals surface area contributed by atoms with Crippen molar-refractivity contribution in [2.75, 3.05) is 17.8 Å². The van der Waals surface area contributed by atoms with E-state index < -0.39 is 0 Å². The topological polar surface area (TPSA) is 18.5 Å². The third-order valence-corrected chi connectivity index (χ3v) is 3.24. The van der Waals surface area contributed by atoms with Gasteiger partial charge in [0.2, 0.25) is 0 Å². The van der Waals surface area contributed by atoms with Crippen LogP contribution in [-0.2, 0) is 16.1 Å². The average molecular weight is 398 g/mol. The predicted molar refractivity (Wildman–Crippen MR) is 96.3 cm³/mol. The fourth-order valence-corrected chi connectivity index (χ4v) is 2.29. The first-order chi connectivity index (χ1) is 10.2. The molecule has 21 heavy (non-hydrogen) atoms. The molecule has 1 aromatic rings. The Kier molecular flexibility index (Phi) is 10.2. The lowest BCUT2D eigenvalue weighted by atomic mass is 10.1. The van der Waals surface area contributed by atoms with E-state index in [1.807, 2.05) is 37.3 Å². The lowest BCUT2D eigenvalue weighted by Gasteiger charge is -2.09. The summed E-state index contributed by atoms with van der Waals surface area (Å²) >= 11 is 2.32. The highest BCUT2D eigenvalue weighted by atomic mass is 127. The summed E-state index contributed by atoms with van der Waals surface area (Å²) < 4.78 is 12.0. The predicted octanol–water partition coefficient (Wildman–Crippen LogP) is 4.59. The molecule has 0 amide bonds. The largest absolute Gasteiger partial charge is 0.355 e. The molecule has 0 heterocycles. The monoisotopic (exact) mass is 398 g/mol. The quantitative estimate of drug-likeness (QED) is 0.210. The average Bonchev–Trinajstić information content (AvgIpc) is 2.48. The van der Waals surface area contributed by atoms with Crippen molar-refractivity contribution >= 4 is 22.6 Å². The fourth-order valence-electron chi connectivity index (χ4n) is 1.63. The fraction of sp³-hybridized carbons (Fsp3) is 0.444. The van der Waals surface area contributed by atoms with Crippen LogP contribution in [0.5, 0.6) is 0 Å². The van der Waals surface area contributed by atoms with Crippen molar-refractivity contribution in [2.24, 2.45) is 5.92 Å². The number of benzene rings is 1. The van der Waals surface area contributed by atoms with Gasteiger partial charge in [-0.2, -0.15) is 0 Å². The maximum atomic E-state index is 5.52. The summed E-state index contributed by atoms with van der Waals surface area (Å²) in [7, 11) is 0. The number of ether oxygens (including phenoxy) is 2. The van der Waals surface area contributed by atoms with Crippen molar-refractivity contribution in [3.8, 4) is 11.8 Å². The molecule has 0 aliphatic heterocycles. The Morgan fingerprint density at radius 2 is 2.05 bits per heavy atom. The summed E-state index contributed by atoms with van der Waals surface area (Å²) in [4.78, 5) is 0. The number of rotatable bonds is 8. The van der Waals surface area contributed by atoms with E-state index in [9.17, 15) is 0 Å². The normalized spacial score (nSPS) is 12.6. The number of allylic oxidation sites excluding steroid dienone is 2. The number of hydrogen-bond acceptors (Lipinski definition) is 2. The van der Waals surface area contributed by atoms with Crippen molar-refractivity contribution in [1.29, 1.82) is 0 Å². The van der Waals surface area contributed by atoms with Gasteiger partial charge in [-0.05, 0) is 24.0 Å². The molecule has 114 valence electrons. The molecule has 0 radical (unpaired) electrons. The van der Waals surface area contributed by atoms with Crippen LogP contribution in [0.2, 0.25) is 0 Å². The lowest BCUT2D eigenvalue weighted by Crippen LogP contribution is -2.08. The van der Waals surface area contributed by atoms with Gasteiger partial charge in [0, 0.05) is 10.8 Å². The van der Waals surface area contributed by atoms with Crippen LogP contribution < -0.4 is 0 Å². The summed E-state index contributed by atoms with van der Waals surface area (Å²) in [6.07, 6.45) is 2.98. The van der Waals surface area contributed by atoms with E-state index in [4.69, 9.17) is 9.47 Å². The Morgan fingerprint density at radius 1 is 1.29 bits per heavy atom. The Hall–Kier alpha value is -0.830. The molecule has 0 N–H and O–H groups in total. The molecule has 1 rings (SSSR count).